The van der Waals surface area contributed by atoms with Gasteiger partial charge in [0.05, 0.1) is 22.8 Å². The summed E-state index contributed by atoms with van der Waals surface area (Å²) in [5.41, 5.74) is 0.326. The zero-order chi connectivity index (χ0) is 14.0. The minimum atomic E-state index is -3.65. The maximum absolute atomic E-state index is 12.1. The fraction of sp³-hybridized carbons (Fsp3) is 0.417. The van der Waals surface area contributed by atoms with Gasteiger partial charge in [-0.25, -0.2) is 13.1 Å². The molecule has 0 aliphatic heterocycles. The lowest BCUT2D eigenvalue weighted by Gasteiger charge is -2.34. The lowest BCUT2D eigenvalue weighted by Crippen LogP contribution is -2.47. The predicted octanol–water partition coefficient (Wildman–Crippen LogP) is 1.67. The number of halogens is 1. The fourth-order valence-corrected chi connectivity index (χ4v) is 3.73. The summed E-state index contributed by atoms with van der Waals surface area (Å²) in [6.07, 6.45) is 1.43. The largest absolute Gasteiger partial charge is 0.381 e. The molecule has 0 spiro atoms. The average Bonchev–Trinajstić information content (AvgIpc) is 2.32. The maximum Gasteiger partial charge on any atom is 0.242 e. The summed E-state index contributed by atoms with van der Waals surface area (Å²) in [5, 5.41) is 8.77. The highest BCUT2D eigenvalue weighted by Crippen LogP contribution is 2.27. The number of nitriles is 1. The molecular weight excluding hydrogens is 288 g/mol. The van der Waals surface area contributed by atoms with Gasteiger partial charge in [-0.3, -0.25) is 0 Å². The molecule has 0 radical (unpaired) electrons. The van der Waals surface area contributed by atoms with Gasteiger partial charge in [0, 0.05) is 13.2 Å². The second kappa shape index (κ2) is 5.47. The zero-order valence-electron chi connectivity index (χ0n) is 10.3. The topological polar surface area (TPSA) is 79.2 Å². The van der Waals surface area contributed by atoms with Crippen molar-refractivity contribution < 1.29 is 13.2 Å². The number of rotatable bonds is 4. The van der Waals surface area contributed by atoms with E-state index in [4.69, 9.17) is 21.6 Å². The van der Waals surface area contributed by atoms with Crippen LogP contribution in [0.5, 0.6) is 0 Å². The van der Waals surface area contributed by atoms with Crippen LogP contribution in [0.4, 0.5) is 0 Å². The Morgan fingerprint density at radius 3 is 2.68 bits per heavy atom. The summed E-state index contributed by atoms with van der Waals surface area (Å²) in [7, 11) is -2.05. The highest BCUT2D eigenvalue weighted by atomic mass is 35.5. The molecule has 0 atom stereocenters. The quantitative estimate of drug-likeness (QED) is 0.917. The van der Waals surface area contributed by atoms with E-state index in [1.807, 2.05) is 6.07 Å². The molecule has 0 heterocycles. The van der Waals surface area contributed by atoms with Gasteiger partial charge in [0.2, 0.25) is 10.0 Å². The standard InChI is InChI=1S/C12H13ClN2O3S/c1-18-10-5-9(6-10)15-19(16,17)12-3-2-8(7-14)4-11(12)13/h2-4,9-10,15H,5-6H2,1H3. The molecule has 102 valence electrons. The van der Waals surface area contributed by atoms with Crippen LogP contribution in [0.3, 0.4) is 0 Å². The summed E-state index contributed by atoms with van der Waals surface area (Å²) in [6, 6.07) is 5.90. The molecule has 5 nitrogen and oxygen atoms in total. The Labute approximate surface area is 117 Å². The maximum atomic E-state index is 12.1. The van der Waals surface area contributed by atoms with Crippen molar-refractivity contribution in [2.45, 2.75) is 29.9 Å². The molecule has 1 aliphatic rings. The van der Waals surface area contributed by atoms with Crippen LogP contribution in [0.15, 0.2) is 23.1 Å². The number of ether oxygens (including phenoxy) is 1. The molecule has 1 aromatic carbocycles. The van der Waals surface area contributed by atoms with E-state index >= 15 is 0 Å². The van der Waals surface area contributed by atoms with Crippen LogP contribution in [0.1, 0.15) is 18.4 Å². The van der Waals surface area contributed by atoms with Crippen LogP contribution < -0.4 is 4.72 Å². The van der Waals surface area contributed by atoms with Gasteiger partial charge in [0.25, 0.3) is 0 Å². The van der Waals surface area contributed by atoms with Crippen molar-refractivity contribution in [1.29, 1.82) is 5.26 Å². The molecule has 1 aromatic rings. The van der Waals surface area contributed by atoms with Gasteiger partial charge in [0.15, 0.2) is 0 Å². The van der Waals surface area contributed by atoms with E-state index in [9.17, 15) is 8.42 Å². The molecule has 1 aliphatic carbocycles. The lowest BCUT2D eigenvalue weighted by molar-refractivity contribution is 0.0236. The first kappa shape index (κ1) is 14.3. The Morgan fingerprint density at radius 1 is 1.47 bits per heavy atom. The highest BCUT2D eigenvalue weighted by molar-refractivity contribution is 7.89. The minimum Gasteiger partial charge on any atom is -0.381 e. The Morgan fingerprint density at radius 2 is 2.16 bits per heavy atom. The number of benzene rings is 1. The first-order valence-corrected chi connectivity index (χ1v) is 7.57. The van der Waals surface area contributed by atoms with Gasteiger partial charge >= 0.3 is 0 Å². The van der Waals surface area contributed by atoms with Crippen molar-refractivity contribution >= 4 is 21.6 Å². The number of nitrogens with zero attached hydrogens (tertiary/aromatic N) is 1. The third-order valence-electron chi connectivity index (χ3n) is 3.10. The SMILES string of the molecule is COC1CC(NS(=O)(=O)c2ccc(C#N)cc2Cl)C1. The monoisotopic (exact) mass is 300 g/mol. The van der Waals surface area contributed by atoms with E-state index in [0.717, 1.165) is 0 Å². The number of hydrogen-bond donors (Lipinski definition) is 1. The summed E-state index contributed by atoms with van der Waals surface area (Å²) in [5.74, 6) is 0. The zero-order valence-corrected chi connectivity index (χ0v) is 11.8. The molecule has 0 amide bonds. The normalized spacial score (nSPS) is 22.6. The average molecular weight is 301 g/mol. The molecule has 0 saturated heterocycles. The number of hydrogen-bond acceptors (Lipinski definition) is 4. The van der Waals surface area contributed by atoms with Crippen LogP contribution >= 0.6 is 11.6 Å². The van der Waals surface area contributed by atoms with Crippen molar-refractivity contribution in [2.75, 3.05) is 7.11 Å². The van der Waals surface area contributed by atoms with Crippen molar-refractivity contribution in [3.8, 4) is 6.07 Å². The summed E-state index contributed by atoms with van der Waals surface area (Å²) in [4.78, 5) is -0.00552. The molecule has 7 heteroatoms. The predicted molar refractivity (Wildman–Crippen MR) is 70.3 cm³/mol. The lowest BCUT2D eigenvalue weighted by atomic mass is 9.90. The van der Waals surface area contributed by atoms with Gasteiger partial charge in [-0.05, 0) is 31.0 Å². The Balaban J connectivity index is 2.14. The Hall–Kier alpha value is -1.13. The summed E-state index contributed by atoms with van der Waals surface area (Å²) >= 11 is 5.90. The molecule has 0 unspecified atom stereocenters. The smallest absolute Gasteiger partial charge is 0.242 e. The van der Waals surface area contributed by atoms with Crippen molar-refractivity contribution in [3.05, 3.63) is 28.8 Å². The molecule has 0 aromatic heterocycles. The molecule has 19 heavy (non-hydrogen) atoms. The third-order valence-corrected chi connectivity index (χ3v) is 5.10. The highest BCUT2D eigenvalue weighted by Gasteiger charge is 2.33. The van der Waals surface area contributed by atoms with Crippen LogP contribution in [-0.2, 0) is 14.8 Å². The van der Waals surface area contributed by atoms with Gasteiger partial charge in [-0.2, -0.15) is 5.26 Å². The molecule has 1 saturated carbocycles. The number of sulfonamides is 1. The van der Waals surface area contributed by atoms with E-state index < -0.39 is 10.0 Å². The van der Waals surface area contributed by atoms with Crippen LogP contribution in [0.25, 0.3) is 0 Å². The van der Waals surface area contributed by atoms with Crippen molar-refractivity contribution in [1.82, 2.24) is 4.72 Å². The Kier molecular flexibility index (Phi) is 4.11. The molecule has 1 fully saturated rings. The van der Waals surface area contributed by atoms with Crippen LogP contribution in [0, 0.1) is 11.3 Å². The van der Waals surface area contributed by atoms with E-state index in [0.29, 0.717) is 18.4 Å². The van der Waals surface area contributed by atoms with Gasteiger partial charge in [-0.1, -0.05) is 11.6 Å². The number of methoxy groups -OCH3 is 1. The third kappa shape index (κ3) is 3.07. The van der Waals surface area contributed by atoms with E-state index in [2.05, 4.69) is 4.72 Å². The first-order chi connectivity index (χ1) is 8.96. The molecule has 0 bridgehead atoms. The van der Waals surface area contributed by atoms with Gasteiger partial charge < -0.3 is 4.74 Å². The molecule has 1 N–H and O–H groups in total. The second-order valence-corrected chi connectivity index (χ2v) is 6.49. The summed E-state index contributed by atoms with van der Waals surface area (Å²) < 4.78 is 31.9. The Bertz CT molecular complexity index is 618. The van der Waals surface area contributed by atoms with Gasteiger partial charge in [0.1, 0.15) is 4.90 Å². The van der Waals surface area contributed by atoms with Gasteiger partial charge in [-0.15, -0.1) is 0 Å². The van der Waals surface area contributed by atoms with Crippen LogP contribution in [-0.4, -0.2) is 27.7 Å². The van der Waals surface area contributed by atoms with E-state index in [1.54, 1.807) is 7.11 Å². The minimum absolute atomic E-state index is 0.00552. The van der Waals surface area contributed by atoms with E-state index in [-0.39, 0.29) is 22.1 Å². The second-order valence-electron chi connectivity index (χ2n) is 4.40. The summed E-state index contributed by atoms with van der Waals surface area (Å²) in [6.45, 7) is 0. The van der Waals surface area contributed by atoms with E-state index in [1.165, 1.54) is 18.2 Å². The first-order valence-electron chi connectivity index (χ1n) is 5.71. The van der Waals surface area contributed by atoms with Crippen molar-refractivity contribution in [3.63, 3.8) is 0 Å². The van der Waals surface area contributed by atoms with Crippen LogP contribution in [0.2, 0.25) is 5.02 Å². The molecular formula is C12H13ClN2O3S. The number of nitrogens with one attached hydrogen (secondary N) is 1. The van der Waals surface area contributed by atoms with Crippen molar-refractivity contribution in [2.24, 2.45) is 0 Å². The fourth-order valence-electron chi connectivity index (χ4n) is 1.93. The molecule has 2 rings (SSSR count).